The largest absolute Gasteiger partial charge is 0.418 e. The highest BCUT2D eigenvalue weighted by Crippen LogP contribution is 2.35. The summed E-state index contributed by atoms with van der Waals surface area (Å²) in [6, 6.07) is 4.70. The Hall–Kier alpha value is -2.62. The van der Waals surface area contributed by atoms with Gasteiger partial charge in [-0.3, -0.25) is 9.59 Å². The van der Waals surface area contributed by atoms with Crippen LogP contribution in [0.4, 0.5) is 18.9 Å². The SMILES string of the molecule is CC1=C/C(=N/N=C2\NC(=O)[C@@H](CC(=O)Nc3ccccc3C(F)(F)F)S2)CC(C)(C)C1. The van der Waals surface area contributed by atoms with Crippen LogP contribution in [-0.2, 0) is 15.8 Å². The van der Waals surface area contributed by atoms with Crippen LogP contribution in [0.3, 0.4) is 0 Å². The fourth-order valence-electron chi connectivity index (χ4n) is 3.66. The summed E-state index contributed by atoms with van der Waals surface area (Å²) in [6.45, 7) is 6.31. The van der Waals surface area contributed by atoms with Crippen molar-refractivity contribution in [3.05, 3.63) is 41.5 Å². The van der Waals surface area contributed by atoms with Gasteiger partial charge in [-0.05, 0) is 43.4 Å². The maximum atomic E-state index is 13.1. The number of benzene rings is 1. The number of amidine groups is 1. The van der Waals surface area contributed by atoms with E-state index in [4.69, 9.17) is 0 Å². The van der Waals surface area contributed by atoms with Crippen molar-refractivity contribution in [3.63, 3.8) is 0 Å². The minimum absolute atomic E-state index is 0.0806. The number of hydrogen-bond acceptors (Lipinski definition) is 5. The van der Waals surface area contributed by atoms with Crippen LogP contribution in [0.5, 0.6) is 0 Å². The first-order chi connectivity index (χ1) is 14.4. The van der Waals surface area contributed by atoms with Gasteiger partial charge in [-0.15, -0.1) is 5.10 Å². The number of allylic oxidation sites excluding steroid dienone is 2. The van der Waals surface area contributed by atoms with Crippen LogP contribution in [0.1, 0.15) is 45.6 Å². The number of alkyl halides is 3. The van der Waals surface area contributed by atoms with Crippen LogP contribution in [0.25, 0.3) is 0 Å². The summed E-state index contributed by atoms with van der Waals surface area (Å²) in [5.41, 5.74) is 0.805. The van der Waals surface area contributed by atoms with Crippen molar-refractivity contribution in [2.45, 2.75) is 51.5 Å². The first-order valence-corrected chi connectivity index (χ1v) is 10.6. The van der Waals surface area contributed by atoms with Gasteiger partial charge in [0.25, 0.3) is 0 Å². The highest BCUT2D eigenvalue weighted by molar-refractivity contribution is 8.15. The van der Waals surface area contributed by atoms with Crippen LogP contribution in [0, 0.1) is 5.41 Å². The summed E-state index contributed by atoms with van der Waals surface area (Å²) < 4.78 is 39.2. The molecule has 0 radical (unpaired) electrons. The molecule has 1 atom stereocenters. The Balaban J connectivity index is 1.64. The molecule has 1 aromatic rings. The summed E-state index contributed by atoms with van der Waals surface area (Å²) in [6.07, 6.45) is -1.18. The van der Waals surface area contributed by atoms with Gasteiger partial charge in [0.15, 0.2) is 5.17 Å². The zero-order valence-electron chi connectivity index (χ0n) is 17.3. The molecule has 1 aliphatic heterocycles. The van der Waals surface area contributed by atoms with Gasteiger partial charge >= 0.3 is 6.18 Å². The molecule has 1 saturated heterocycles. The monoisotopic (exact) mass is 452 g/mol. The van der Waals surface area contributed by atoms with E-state index < -0.39 is 28.8 Å². The number of hydrogen-bond donors (Lipinski definition) is 2. The number of nitrogens with zero attached hydrogens (tertiary/aromatic N) is 2. The molecule has 2 amide bonds. The molecule has 0 bridgehead atoms. The highest BCUT2D eigenvalue weighted by atomic mass is 32.2. The third-order valence-corrected chi connectivity index (χ3v) is 5.83. The maximum Gasteiger partial charge on any atom is 0.418 e. The van der Waals surface area contributed by atoms with Gasteiger partial charge < -0.3 is 10.6 Å². The lowest BCUT2D eigenvalue weighted by Crippen LogP contribution is -2.28. The Morgan fingerprint density at radius 2 is 1.97 bits per heavy atom. The number of para-hydroxylation sites is 1. The first kappa shape index (κ1) is 23.1. The Morgan fingerprint density at radius 3 is 2.65 bits per heavy atom. The molecule has 3 rings (SSSR count). The van der Waals surface area contributed by atoms with Crippen LogP contribution < -0.4 is 10.6 Å². The quantitative estimate of drug-likeness (QED) is 0.647. The highest BCUT2D eigenvalue weighted by Gasteiger charge is 2.35. The lowest BCUT2D eigenvalue weighted by atomic mass is 9.77. The Bertz CT molecular complexity index is 983. The first-order valence-electron chi connectivity index (χ1n) is 9.68. The van der Waals surface area contributed by atoms with Gasteiger partial charge in [0.1, 0.15) is 5.25 Å². The maximum absolute atomic E-state index is 13.1. The second kappa shape index (κ2) is 8.86. The third kappa shape index (κ3) is 6.19. The minimum Gasteiger partial charge on any atom is -0.325 e. The minimum atomic E-state index is -4.59. The summed E-state index contributed by atoms with van der Waals surface area (Å²) >= 11 is 1.04. The second-order valence-electron chi connectivity index (χ2n) is 8.40. The Morgan fingerprint density at radius 1 is 1.26 bits per heavy atom. The molecule has 31 heavy (non-hydrogen) atoms. The van der Waals surface area contributed by atoms with E-state index in [2.05, 4.69) is 34.7 Å². The van der Waals surface area contributed by atoms with E-state index in [0.717, 1.165) is 36.4 Å². The second-order valence-corrected chi connectivity index (χ2v) is 9.59. The van der Waals surface area contributed by atoms with Gasteiger partial charge in [0, 0.05) is 6.42 Å². The summed E-state index contributed by atoms with van der Waals surface area (Å²) in [5, 5.41) is 12.6. The number of nitrogens with one attached hydrogen (secondary N) is 2. The molecular formula is C21H23F3N4O2S. The van der Waals surface area contributed by atoms with E-state index in [1.165, 1.54) is 23.8 Å². The number of thioether (sulfide) groups is 1. The fourth-order valence-corrected chi connectivity index (χ4v) is 4.58. The number of rotatable bonds is 4. The normalized spacial score (nSPS) is 23.6. The molecule has 0 spiro atoms. The van der Waals surface area contributed by atoms with Gasteiger partial charge in [-0.2, -0.15) is 18.3 Å². The Labute approximate surface area is 182 Å². The van der Waals surface area contributed by atoms with Crippen molar-refractivity contribution in [2.75, 3.05) is 5.32 Å². The topological polar surface area (TPSA) is 82.9 Å². The third-order valence-electron chi connectivity index (χ3n) is 4.75. The molecule has 1 aromatic carbocycles. The molecule has 1 fully saturated rings. The number of carbonyl (C=O) groups excluding carboxylic acids is 2. The molecule has 0 unspecified atom stereocenters. The van der Waals surface area contributed by atoms with Crippen LogP contribution >= 0.6 is 11.8 Å². The standard InChI is InChI=1S/C21H23F3N4O2S/c1-12-8-13(11-20(2,3)10-12)27-28-19-26-18(30)16(31-19)9-17(29)25-15-7-5-4-6-14(15)21(22,23)24/h4-8,16H,9-11H2,1-3H3,(H,25,29)(H,26,28,30)/b27-13-/t16-/m1/s1. The van der Waals surface area contributed by atoms with Crippen LogP contribution in [0.15, 0.2) is 46.1 Å². The summed E-state index contributed by atoms with van der Waals surface area (Å²) in [4.78, 5) is 24.4. The van der Waals surface area contributed by atoms with Crippen molar-refractivity contribution in [2.24, 2.45) is 15.6 Å². The molecular weight excluding hydrogens is 429 g/mol. The average Bonchev–Trinajstić information content (AvgIpc) is 2.97. The van der Waals surface area contributed by atoms with Crippen molar-refractivity contribution in [1.82, 2.24) is 5.32 Å². The molecule has 166 valence electrons. The molecule has 1 aliphatic carbocycles. The van der Waals surface area contributed by atoms with Gasteiger partial charge in [0.05, 0.1) is 17.0 Å². The van der Waals surface area contributed by atoms with Gasteiger partial charge in [0.2, 0.25) is 11.8 Å². The van der Waals surface area contributed by atoms with E-state index in [1.807, 2.05) is 13.0 Å². The van der Waals surface area contributed by atoms with Crippen molar-refractivity contribution < 1.29 is 22.8 Å². The number of carbonyl (C=O) groups is 2. The van der Waals surface area contributed by atoms with Crippen LogP contribution in [0.2, 0.25) is 0 Å². The molecule has 6 nitrogen and oxygen atoms in total. The molecule has 0 saturated carbocycles. The van der Waals surface area contributed by atoms with E-state index in [9.17, 15) is 22.8 Å². The number of halogens is 3. The van der Waals surface area contributed by atoms with Crippen molar-refractivity contribution in [3.8, 4) is 0 Å². The summed E-state index contributed by atoms with van der Waals surface area (Å²) in [5.74, 6) is -1.12. The molecule has 2 aliphatic rings. The fraction of sp³-hybridized carbons (Fsp3) is 0.429. The predicted molar refractivity (Wildman–Crippen MR) is 116 cm³/mol. The van der Waals surface area contributed by atoms with E-state index in [-0.39, 0.29) is 22.7 Å². The summed E-state index contributed by atoms with van der Waals surface area (Å²) in [7, 11) is 0. The van der Waals surface area contributed by atoms with E-state index >= 15 is 0 Å². The van der Waals surface area contributed by atoms with Gasteiger partial charge in [-0.25, -0.2) is 0 Å². The lowest BCUT2D eigenvalue weighted by Gasteiger charge is -2.28. The average molecular weight is 453 g/mol. The van der Waals surface area contributed by atoms with E-state index in [0.29, 0.717) is 0 Å². The Kier molecular flexibility index (Phi) is 6.59. The lowest BCUT2D eigenvalue weighted by molar-refractivity contribution is -0.137. The molecule has 2 N–H and O–H groups in total. The molecule has 0 aromatic heterocycles. The van der Waals surface area contributed by atoms with Crippen molar-refractivity contribution >= 4 is 40.1 Å². The van der Waals surface area contributed by atoms with Crippen molar-refractivity contribution in [1.29, 1.82) is 0 Å². The zero-order chi connectivity index (χ0) is 22.8. The number of amides is 2. The zero-order valence-corrected chi connectivity index (χ0v) is 18.2. The predicted octanol–water partition coefficient (Wildman–Crippen LogP) is 4.74. The van der Waals surface area contributed by atoms with Crippen LogP contribution in [-0.4, -0.2) is 27.9 Å². The smallest absolute Gasteiger partial charge is 0.325 e. The van der Waals surface area contributed by atoms with Gasteiger partial charge in [-0.1, -0.05) is 43.3 Å². The molecule has 10 heteroatoms. The molecule has 1 heterocycles. The van der Waals surface area contributed by atoms with E-state index in [1.54, 1.807) is 0 Å². The number of anilines is 1.